The van der Waals surface area contributed by atoms with E-state index in [2.05, 4.69) is 29.2 Å². The third-order valence-electron chi connectivity index (χ3n) is 5.16. The van der Waals surface area contributed by atoms with E-state index in [1.165, 1.54) is 5.56 Å². The summed E-state index contributed by atoms with van der Waals surface area (Å²) in [6, 6.07) is 17.7. The highest BCUT2D eigenvalue weighted by Crippen LogP contribution is 2.27. The van der Waals surface area contributed by atoms with Crippen molar-refractivity contribution in [3.63, 3.8) is 0 Å². The molecule has 0 unspecified atom stereocenters. The van der Waals surface area contributed by atoms with Crippen molar-refractivity contribution in [1.29, 1.82) is 0 Å². The molecular formula is C22H26N2O3. The second-order valence-corrected chi connectivity index (χ2v) is 7.05. The molecule has 1 saturated heterocycles. The SMILES string of the molecule is Cc1ccc([C@@H](CCC(=O)O)N2CCN(C(=O)c3ccccc3)CC2)cc1. The van der Waals surface area contributed by atoms with Crippen molar-refractivity contribution in [2.24, 2.45) is 0 Å². The number of aryl methyl sites for hydroxylation is 1. The molecule has 0 saturated carbocycles. The van der Waals surface area contributed by atoms with Crippen molar-refractivity contribution in [2.45, 2.75) is 25.8 Å². The molecule has 1 N–H and O–H groups in total. The third-order valence-corrected chi connectivity index (χ3v) is 5.16. The normalized spacial score (nSPS) is 16.1. The molecule has 1 amide bonds. The van der Waals surface area contributed by atoms with Crippen LogP contribution in [0.15, 0.2) is 54.6 Å². The summed E-state index contributed by atoms with van der Waals surface area (Å²) >= 11 is 0. The molecule has 1 aliphatic rings. The first-order chi connectivity index (χ1) is 13.0. The minimum atomic E-state index is -0.773. The van der Waals surface area contributed by atoms with Gasteiger partial charge in [-0.05, 0) is 31.0 Å². The van der Waals surface area contributed by atoms with Gasteiger partial charge in [0, 0.05) is 44.2 Å². The molecule has 5 nitrogen and oxygen atoms in total. The molecule has 3 rings (SSSR count). The second-order valence-electron chi connectivity index (χ2n) is 7.05. The van der Waals surface area contributed by atoms with Crippen LogP contribution in [0, 0.1) is 6.92 Å². The maximum Gasteiger partial charge on any atom is 0.303 e. The van der Waals surface area contributed by atoms with Gasteiger partial charge in [-0.25, -0.2) is 0 Å². The smallest absolute Gasteiger partial charge is 0.303 e. The van der Waals surface area contributed by atoms with Gasteiger partial charge in [-0.3, -0.25) is 14.5 Å². The number of amides is 1. The minimum absolute atomic E-state index is 0.0627. The molecule has 1 atom stereocenters. The predicted octanol–water partition coefficient (Wildman–Crippen LogP) is 3.36. The van der Waals surface area contributed by atoms with E-state index in [4.69, 9.17) is 5.11 Å². The number of benzene rings is 2. The summed E-state index contributed by atoms with van der Waals surface area (Å²) in [7, 11) is 0. The molecule has 2 aromatic carbocycles. The first-order valence-corrected chi connectivity index (χ1v) is 9.41. The van der Waals surface area contributed by atoms with Crippen LogP contribution in [-0.2, 0) is 4.79 Å². The van der Waals surface area contributed by atoms with E-state index in [9.17, 15) is 9.59 Å². The van der Waals surface area contributed by atoms with Crippen LogP contribution in [-0.4, -0.2) is 53.0 Å². The lowest BCUT2D eigenvalue weighted by molar-refractivity contribution is -0.137. The lowest BCUT2D eigenvalue weighted by Gasteiger charge is -2.39. The maximum atomic E-state index is 12.6. The number of aliphatic carboxylic acids is 1. The molecule has 1 fully saturated rings. The molecule has 1 heterocycles. The first-order valence-electron chi connectivity index (χ1n) is 9.41. The monoisotopic (exact) mass is 366 g/mol. The molecule has 0 aliphatic carbocycles. The predicted molar refractivity (Wildman–Crippen MR) is 105 cm³/mol. The van der Waals surface area contributed by atoms with Gasteiger partial charge in [0.1, 0.15) is 0 Å². The van der Waals surface area contributed by atoms with E-state index in [0.717, 1.165) is 18.7 Å². The highest BCUT2D eigenvalue weighted by Gasteiger charge is 2.27. The molecule has 0 radical (unpaired) electrons. The minimum Gasteiger partial charge on any atom is -0.481 e. The lowest BCUT2D eigenvalue weighted by atomic mass is 9.98. The van der Waals surface area contributed by atoms with Gasteiger partial charge >= 0.3 is 5.97 Å². The van der Waals surface area contributed by atoms with E-state index >= 15 is 0 Å². The highest BCUT2D eigenvalue weighted by atomic mass is 16.4. The van der Waals surface area contributed by atoms with Crippen molar-refractivity contribution in [3.05, 3.63) is 71.3 Å². The fraction of sp³-hybridized carbons (Fsp3) is 0.364. The summed E-state index contributed by atoms with van der Waals surface area (Å²) in [5.41, 5.74) is 3.05. The van der Waals surface area contributed by atoms with Crippen LogP contribution in [0.2, 0.25) is 0 Å². The Balaban J connectivity index is 1.67. The molecule has 5 heteroatoms. The van der Waals surface area contributed by atoms with Crippen molar-refractivity contribution in [1.82, 2.24) is 9.80 Å². The maximum absolute atomic E-state index is 12.6. The van der Waals surface area contributed by atoms with E-state index in [-0.39, 0.29) is 18.4 Å². The fourth-order valence-corrected chi connectivity index (χ4v) is 3.61. The van der Waals surface area contributed by atoms with E-state index in [0.29, 0.717) is 25.1 Å². The summed E-state index contributed by atoms with van der Waals surface area (Å²) in [6.07, 6.45) is 0.715. The molecule has 0 bridgehead atoms. The Hall–Kier alpha value is -2.66. The van der Waals surface area contributed by atoms with E-state index in [1.807, 2.05) is 42.2 Å². The Morgan fingerprint density at radius 1 is 0.963 bits per heavy atom. The number of carbonyl (C=O) groups is 2. The van der Waals surface area contributed by atoms with Gasteiger partial charge < -0.3 is 10.0 Å². The van der Waals surface area contributed by atoms with Crippen LogP contribution < -0.4 is 0 Å². The Kier molecular flexibility index (Phi) is 6.24. The average Bonchev–Trinajstić information content (AvgIpc) is 2.70. The largest absolute Gasteiger partial charge is 0.481 e. The molecular weight excluding hydrogens is 340 g/mol. The van der Waals surface area contributed by atoms with Crippen LogP contribution in [0.25, 0.3) is 0 Å². The van der Waals surface area contributed by atoms with Crippen molar-refractivity contribution >= 4 is 11.9 Å². The number of nitrogens with zero attached hydrogens (tertiary/aromatic N) is 2. The summed E-state index contributed by atoms with van der Waals surface area (Å²) < 4.78 is 0. The van der Waals surface area contributed by atoms with Crippen LogP contribution in [0.1, 0.15) is 40.4 Å². The summed E-state index contributed by atoms with van der Waals surface area (Å²) in [5.74, 6) is -0.710. The Labute approximate surface area is 160 Å². The van der Waals surface area contributed by atoms with Gasteiger partial charge in [0.15, 0.2) is 0 Å². The Bertz CT molecular complexity index is 766. The van der Waals surface area contributed by atoms with Gasteiger partial charge in [0.2, 0.25) is 0 Å². The van der Waals surface area contributed by atoms with Crippen molar-refractivity contribution in [3.8, 4) is 0 Å². The number of carboxylic acids is 1. The number of carboxylic acid groups (broad SMARTS) is 1. The summed E-state index contributed by atoms with van der Waals surface area (Å²) in [4.78, 5) is 27.9. The summed E-state index contributed by atoms with van der Waals surface area (Å²) in [5, 5.41) is 9.12. The van der Waals surface area contributed by atoms with Crippen molar-refractivity contribution < 1.29 is 14.7 Å². The zero-order valence-electron chi connectivity index (χ0n) is 15.7. The first kappa shape index (κ1) is 19.1. The van der Waals surface area contributed by atoms with Gasteiger partial charge in [-0.15, -0.1) is 0 Å². The number of rotatable bonds is 6. The lowest BCUT2D eigenvalue weighted by Crippen LogP contribution is -2.49. The Morgan fingerprint density at radius 3 is 2.19 bits per heavy atom. The Morgan fingerprint density at radius 2 is 1.59 bits per heavy atom. The topological polar surface area (TPSA) is 60.9 Å². The quantitative estimate of drug-likeness (QED) is 0.852. The molecule has 1 aliphatic heterocycles. The van der Waals surface area contributed by atoms with E-state index < -0.39 is 5.97 Å². The van der Waals surface area contributed by atoms with E-state index in [1.54, 1.807) is 0 Å². The number of carbonyl (C=O) groups excluding carboxylic acids is 1. The van der Waals surface area contributed by atoms with Gasteiger partial charge in [-0.1, -0.05) is 48.0 Å². The number of hydrogen-bond acceptors (Lipinski definition) is 3. The highest BCUT2D eigenvalue weighted by molar-refractivity contribution is 5.94. The average molecular weight is 366 g/mol. The zero-order chi connectivity index (χ0) is 19.2. The third kappa shape index (κ3) is 4.95. The molecule has 27 heavy (non-hydrogen) atoms. The fourth-order valence-electron chi connectivity index (χ4n) is 3.61. The van der Waals surface area contributed by atoms with Crippen LogP contribution in [0.3, 0.4) is 0 Å². The second kappa shape index (κ2) is 8.82. The van der Waals surface area contributed by atoms with Gasteiger partial charge in [-0.2, -0.15) is 0 Å². The standard InChI is InChI=1S/C22H26N2O3/c1-17-7-9-18(10-8-17)20(11-12-21(25)26)23-13-15-24(16-14-23)22(27)19-5-3-2-4-6-19/h2-10,20H,11-16H2,1H3,(H,25,26)/t20-/m1/s1. The summed E-state index contributed by atoms with van der Waals surface area (Å²) in [6.45, 7) is 4.85. The number of hydrogen-bond donors (Lipinski definition) is 1. The molecule has 0 aromatic heterocycles. The van der Waals surface area contributed by atoms with Crippen LogP contribution >= 0.6 is 0 Å². The molecule has 2 aromatic rings. The van der Waals surface area contributed by atoms with Crippen LogP contribution in [0.5, 0.6) is 0 Å². The van der Waals surface area contributed by atoms with Gasteiger partial charge in [0.05, 0.1) is 0 Å². The zero-order valence-corrected chi connectivity index (χ0v) is 15.7. The molecule has 0 spiro atoms. The van der Waals surface area contributed by atoms with Gasteiger partial charge in [0.25, 0.3) is 5.91 Å². The molecule has 142 valence electrons. The van der Waals surface area contributed by atoms with Crippen LogP contribution in [0.4, 0.5) is 0 Å². The van der Waals surface area contributed by atoms with Crippen molar-refractivity contribution in [2.75, 3.05) is 26.2 Å². The number of piperazine rings is 1.